The molecule has 0 unspecified atom stereocenters. The Balaban J connectivity index is 1.06. The molecular weight excluding hydrogens is 1440 g/mol. The van der Waals surface area contributed by atoms with E-state index in [1.807, 2.05) is 147 Å². The Bertz CT molecular complexity index is 8880. The number of benzene rings is 17. The highest BCUT2D eigenvalue weighted by Crippen LogP contribution is 2.57. The van der Waals surface area contributed by atoms with Crippen LogP contribution in [0.3, 0.4) is 0 Å². The summed E-state index contributed by atoms with van der Waals surface area (Å²) in [6.07, 6.45) is 0. The van der Waals surface area contributed by atoms with Crippen molar-refractivity contribution in [2.45, 2.75) is 78.6 Å². The molecule has 0 aliphatic carbocycles. The Hall–Kier alpha value is -14.0. The Labute approximate surface area is 752 Å². The van der Waals surface area contributed by atoms with Crippen LogP contribution in [-0.2, 0) is 16.2 Å². The third-order valence-electron chi connectivity index (χ3n) is 22.3. The lowest BCUT2D eigenvalue weighted by Gasteiger charge is -2.47. The lowest BCUT2D eigenvalue weighted by Crippen LogP contribution is -2.61. The minimum atomic E-state index is -2.00. The quantitative estimate of drug-likeness (QED) is 0.113. The van der Waals surface area contributed by atoms with Crippen LogP contribution < -0.4 is 26.2 Å². The first kappa shape index (κ1) is 42.7. The lowest BCUT2D eigenvalue weighted by molar-refractivity contribution is 0.590. The molecule has 119 heavy (non-hydrogen) atoms. The predicted octanol–water partition coefficient (Wildman–Crippen LogP) is 29.2. The van der Waals surface area contributed by atoms with E-state index in [1.54, 1.807) is 82.6 Å². The zero-order valence-corrected chi connectivity index (χ0v) is 65.9. The standard InChI is InChI=1S/C114H91BN4/c1-112(2,3)84-66-93(78-46-26-14-27-47-78)108(94(67-84)79-48-28-15-29-49-79)118-103-72-87(116-101-56-36-34-54-89(101)97-64-82(74-38-18-10-19-39-74)62-91(110(97)116)76-42-22-12-23-43-76)58-60-99(103)115-100-61-59-88(117-102-57-37-35-55-90(102)98-65-83(75-40-20-11-21-41-75)63-92(111(98)117)77-44-24-13-25-45-77)73-104(100)119(106-71-86(114(7,8)9)70-105(118)107(106)115)109-95(80-50-30-16-31-51-80)68-85(113(4,5)6)69-96(109)81-52-32-17-33-53-81/h10-73H,1-9H3/i10D,11D,12D,13D,18D,19D,20D,21D,22D,23D,24D,25D,34D,35D,36D,37D,38D,39D,40D,41D,42D,43D,44D,45D,54D,55D,56D,57D,58D,59D,60D,61D,62D,63D,64D,65D,72D,73D. The second kappa shape index (κ2) is 28.4. The van der Waals surface area contributed by atoms with Gasteiger partial charge in [0.15, 0.2) is 0 Å². The molecule has 0 fully saturated rings. The zero-order valence-electron chi connectivity index (χ0n) is 104. The summed E-state index contributed by atoms with van der Waals surface area (Å²) in [5, 5.41) is -2.89. The minimum Gasteiger partial charge on any atom is -0.310 e. The van der Waals surface area contributed by atoms with Gasteiger partial charge < -0.3 is 18.9 Å². The van der Waals surface area contributed by atoms with Crippen molar-refractivity contribution in [1.82, 2.24) is 9.13 Å². The summed E-state index contributed by atoms with van der Waals surface area (Å²) in [6.45, 7) is 15.7. The highest BCUT2D eigenvalue weighted by Gasteiger charge is 2.47. The number of aromatic nitrogens is 2. The molecule has 2 aliphatic heterocycles. The Morgan fingerprint density at radius 3 is 0.882 bits per heavy atom. The topological polar surface area (TPSA) is 16.3 Å². The van der Waals surface area contributed by atoms with Crippen LogP contribution in [0.5, 0.6) is 0 Å². The molecule has 0 bridgehead atoms. The molecule has 2 aromatic heterocycles. The fourth-order valence-corrected chi connectivity index (χ4v) is 16.6. The average Bonchev–Trinajstić information content (AvgIpc) is 1.66. The minimum absolute atomic E-state index is 0.0667. The van der Waals surface area contributed by atoms with Gasteiger partial charge in [-0.05, 0) is 202 Å². The zero-order chi connectivity index (χ0) is 114. The van der Waals surface area contributed by atoms with E-state index >= 15 is 0 Å². The van der Waals surface area contributed by atoms with E-state index in [1.165, 1.54) is 0 Å². The summed E-state index contributed by atoms with van der Waals surface area (Å²) >= 11 is 0. The van der Waals surface area contributed by atoms with Crippen molar-refractivity contribution in [3.63, 3.8) is 0 Å². The van der Waals surface area contributed by atoms with Gasteiger partial charge in [0.25, 0.3) is 6.71 Å². The maximum absolute atomic E-state index is 12.3. The van der Waals surface area contributed by atoms with Crippen LogP contribution in [0.4, 0.5) is 34.1 Å². The van der Waals surface area contributed by atoms with Crippen LogP contribution in [0.25, 0.3) is 144 Å². The van der Waals surface area contributed by atoms with E-state index in [9.17, 15) is 41.1 Å². The molecule has 21 rings (SSSR count). The number of rotatable bonds is 12. The Morgan fingerprint density at radius 2 is 0.555 bits per heavy atom. The number of anilines is 6. The molecule has 19 aromatic rings. The van der Waals surface area contributed by atoms with Gasteiger partial charge in [-0.15, -0.1) is 0 Å². The molecule has 17 aromatic carbocycles. The van der Waals surface area contributed by atoms with Crippen molar-refractivity contribution in [2.24, 2.45) is 0 Å². The van der Waals surface area contributed by atoms with E-state index < -0.39 is 374 Å². The molecule has 4 nitrogen and oxygen atoms in total. The highest BCUT2D eigenvalue weighted by molar-refractivity contribution is 7.00. The number of para-hydroxylation sites is 2. The van der Waals surface area contributed by atoms with Gasteiger partial charge in [0.05, 0.1) is 85.5 Å². The third kappa shape index (κ3) is 12.4. The van der Waals surface area contributed by atoms with Crippen molar-refractivity contribution in [2.75, 3.05) is 9.80 Å². The van der Waals surface area contributed by atoms with E-state index in [0.29, 0.717) is 50.1 Å². The van der Waals surface area contributed by atoms with E-state index in [2.05, 4.69) is 0 Å². The summed E-state index contributed by atoms with van der Waals surface area (Å²) in [5.41, 5.74) is -10.4. The van der Waals surface area contributed by atoms with Gasteiger partial charge in [0.1, 0.15) is 0 Å². The van der Waals surface area contributed by atoms with Crippen LogP contribution in [0.2, 0.25) is 0 Å². The summed E-state index contributed by atoms with van der Waals surface area (Å²) in [4.78, 5) is 3.43. The number of nitrogens with zero attached hydrogens (tertiary/aromatic N) is 4. The first-order valence-corrected chi connectivity index (χ1v) is 38.9. The van der Waals surface area contributed by atoms with Gasteiger partial charge in [0, 0.05) is 89.0 Å². The molecule has 0 spiro atoms. The summed E-state index contributed by atoms with van der Waals surface area (Å²) < 4.78 is 385. The van der Waals surface area contributed by atoms with Crippen molar-refractivity contribution in [3.8, 4) is 100 Å². The van der Waals surface area contributed by atoms with Crippen molar-refractivity contribution < 1.29 is 52.1 Å². The molecule has 5 heteroatoms. The number of fused-ring (bicyclic) bond motifs is 10. The smallest absolute Gasteiger partial charge is 0.252 e. The normalized spacial score (nSPS) is 17.2. The lowest BCUT2D eigenvalue weighted by atomic mass is 9.33. The van der Waals surface area contributed by atoms with Crippen LogP contribution in [0.1, 0.15) is 131 Å². The molecule has 0 saturated carbocycles. The van der Waals surface area contributed by atoms with Crippen molar-refractivity contribution in [3.05, 3.63) is 404 Å². The van der Waals surface area contributed by atoms with E-state index in [0.717, 1.165) is 20.3 Å². The van der Waals surface area contributed by atoms with Gasteiger partial charge in [0.2, 0.25) is 0 Å². The molecule has 570 valence electrons. The van der Waals surface area contributed by atoms with Gasteiger partial charge in [-0.25, -0.2) is 0 Å². The molecule has 2 aliphatic rings. The van der Waals surface area contributed by atoms with Crippen LogP contribution in [-0.4, -0.2) is 15.8 Å². The molecule has 4 heterocycles. The van der Waals surface area contributed by atoms with E-state index in [-0.39, 0.29) is 28.2 Å². The molecular formula is C114H91BN4. The van der Waals surface area contributed by atoms with Crippen LogP contribution in [0, 0.1) is 0 Å². The van der Waals surface area contributed by atoms with Crippen LogP contribution in [0.15, 0.2) is 387 Å². The average molecular weight is 1570 g/mol. The molecule has 0 saturated heterocycles. The maximum atomic E-state index is 12.3. The predicted molar refractivity (Wildman–Crippen MR) is 509 cm³/mol. The molecule has 0 amide bonds. The van der Waals surface area contributed by atoms with Gasteiger partial charge in [-0.1, -0.05) is 353 Å². The monoisotopic (exact) mass is 1560 g/mol. The van der Waals surface area contributed by atoms with Gasteiger partial charge >= 0.3 is 0 Å². The van der Waals surface area contributed by atoms with Gasteiger partial charge in [-0.3, -0.25) is 0 Å². The summed E-state index contributed by atoms with van der Waals surface area (Å²) in [7, 11) is 0. The largest absolute Gasteiger partial charge is 0.310 e. The fraction of sp³-hybridized carbons (Fsp3) is 0.105. The summed E-state index contributed by atoms with van der Waals surface area (Å²) in [5.74, 6) is 0. The Kier molecular flexibility index (Phi) is 10.2. The SMILES string of the molecule is [2H]c1c([2H])c([2H])c(-c2c([2H])c(-c3c([2H])c([2H])c([2H])c([2H])c3[2H])c3c(c2[2H])c2c([2H])c([2H])c([2H])c([2H])c2n3-c2c([2H])c([2H])c3c(c2[2H])N(c2c(-c4ccccc4)cc(C(C)(C)C)cc2-c2ccccc2)c2cc(C(C)(C)C)cc4c2B3c2c([2H])c([2H])c(-n3c5c([2H])c([2H])c([2H])c([2H])c5c5c([2H])c(-c6c([2H])c([2H])c([2H])c([2H])c6[2H])c([2H])c(-c6c([2H])c([2H])c([2H])c([2H])c6[2H])c53)c([2H])c2N4c2c(-c3ccccc3)cc(C(C)(C)C)cc2-c2ccccc2)c([2H])c1[2H]. The van der Waals surface area contributed by atoms with E-state index in [4.69, 9.17) is 11.0 Å². The Morgan fingerprint density at radius 1 is 0.252 bits per heavy atom. The first-order chi connectivity index (χ1) is 73.8. The molecule has 0 N–H and O–H groups in total. The second-order valence-electron chi connectivity index (χ2n) is 32.6. The number of hydrogen-bond donors (Lipinski definition) is 0. The molecule has 0 atom stereocenters. The van der Waals surface area contributed by atoms with Gasteiger partial charge in [-0.2, -0.15) is 0 Å². The highest BCUT2D eigenvalue weighted by atomic mass is 15.2. The van der Waals surface area contributed by atoms with Crippen molar-refractivity contribution >= 4 is 101 Å². The first-order valence-electron chi connectivity index (χ1n) is 57.9. The summed E-state index contributed by atoms with van der Waals surface area (Å²) in [6, 6.07) is 9.09. The third-order valence-corrected chi connectivity index (χ3v) is 22.3. The fourth-order valence-electron chi connectivity index (χ4n) is 16.6. The second-order valence-corrected chi connectivity index (χ2v) is 32.6. The van der Waals surface area contributed by atoms with Crippen LogP contribution >= 0.6 is 0 Å². The van der Waals surface area contributed by atoms with Crippen molar-refractivity contribution in [1.29, 1.82) is 0 Å². The number of hydrogen-bond acceptors (Lipinski definition) is 2. The molecule has 0 radical (unpaired) electrons. The maximum Gasteiger partial charge on any atom is 0.252 e.